The molecule has 17 heavy (non-hydrogen) atoms. The van der Waals surface area contributed by atoms with E-state index >= 15 is 0 Å². The van der Waals surface area contributed by atoms with Gasteiger partial charge in [-0.05, 0) is 0 Å². The van der Waals surface area contributed by atoms with Crippen molar-refractivity contribution >= 4 is 11.9 Å². The summed E-state index contributed by atoms with van der Waals surface area (Å²) < 4.78 is 5.94. The summed E-state index contributed by atoms with van der Waals surface area (Å²) >= 11 is 0. The maximum atomic E-state index is 11.8. The molecule has 0 bridgehead atoms. The van der Waals surface area contributed by atoms with E-state index in [0.717, 1.165) is 4.68 Å². The van der Waals surface area contributed by atoms with Gasteiger partial charge in [-0.2, -0.15) is 0 Å². The van der Waals surface area contributed by atoms with Crippen LogP contribution in [0.15, 0.2) is 6.20 Å². The van der Waals surface area contributed by atoms with Gasteiger partial charge in [0.15, 0.2) is 5.69 Å². The number of carboxylic acid groups (broad SMARTS) is 1. The number of hydrogen-bond acceptors (Lipinski definition) is 5. The summed E-state index contributed by atoms with van der Waals surface area (Å²) in [4.78, 5) is 23.6. The third-order valence-corrected chi connectivity index (χ3v) is 2.03. The zero-order valence-electron chi connectivity index (χ0n) is 9.66. The fourth-order valence-corrected chi connectivity index (χ4v) is 1.14. The van der Waals surface area contributed by atoms with E-state index in [1.54, 1.807) is 14.2 Å². The van der Waals surface area contributed by atoms with Gasteiger partial charge in [0.2, 0.25) is 0 Å². The first kappa shape index (κ1) is 13.1. The van der Waals surface area contributed by atoms with Gasteiger partial charge in [0.25, 0.3) is 5.91 Å². The lowest BCUT2D eigenvalue weighted by atomic mass is 10.4. The number of nitrogens with zero attached hydrogens (tertiary/aromatic N) is 4. The molecule has 8 heteroatoms. The number of carboxylic acids is 1. The molecule has 0 aliphatic rings. The Morgan fingerprint density at radius 3 is 2.88 bits per heavy atom. The first-order chi connectivity index (χ1) is 8.04. The average molecular weight is 242 g/mol. The molecule has 0 aromatic carbocycles. The second-order valence-corrected chi connectivity index (χ2v) is 3.41. The molecule has 1 aromatic heterocycles. The molecule has 1 heterocycles. The van der Waals surface area contributed by atoms with E-state index in [4.69, 9.17) is 9.84 Å². The number of hydrogen-bond donors (Lipinski definition) is 1. The summed E-state index contributed by atoms with van der Waals surface area (Å²) in [6, 6.07) is 0. The molecule has 0 aliphatic heterocycles. The number of aromatic nitrogens is 3. The van der Waals surface area contributed by atoms with Crippen LogP contribution in [0, 0.1) is 0 Å². The molecule has 0 spiro atoms. The average Bonchev–Trinajstić information content (AvgIpc) is 2.72. The number of likely N-dealkylation sites (N-methyl/N-ethyl adjacent to an activating group) is 1. The van der Waals surface area contributed by atoms with E-state index in [1.165, 1.54) is 11.1 Å². The van der Waals surface area contributed by atoms with Crippen molar-refractivity contribution in [1.29, 1.82) is 0 Å². The molecule has 0 radical (unpaired) electrons. The van der Waals surface area contributed by atoms with Crippen molar-refractivity contribution in [2.75, 3.05) is 27.3 Å². The molecule has 0 saturated heterocycles. The summed E-state index contributed by atoms with van der Waals surface area (Å²) in [5.74, 6) is -1.36. The van der Waals surface area contributed by atoms with Crippen LogP contribution in [0.1, 0.15) is 10.5 Å². The first-order valence-electron chi connectivity index (χ1n) is 4.91. The summed E-state index contributed by atoms with van der Waals surface area (Å²) in [6.07, 6.45) is 1.31. The van der Waals surface area contributed by atoms with Gasteiger partial charge >= 0.3 is 5.97 Å². The Kier molecular flexibility index (Phi) is 4.58. The van der Waals surface area contributed by atoms with Crippen LogP contribution >= 0.6 is 0 Å². The van der Waals surface area contributed by atoms with Gasteiger partial charge in [0, 0.05) is 20.7 Å². The van der Waals surface area contributed by atoms with Crippen LogP contribution in [-0.2, 0) is 16.1 Å². The van der Waals surface area contributed by atoms with Crippen molar-refractivity contribution < 1.29 is 19.4 Å². The summed E-state index contributed by atoms with van der Waals surface area (Å²) in [6.45, 7) is 0.536. The zero-order chi connectivity index (χ0) is 12.8. The normalized spacial score (nSPS) is 10.2. The van der Waals surface area contributed by atoms with Gasteiger partial charge in [-0.3, -0.25) is 9.59 Å². The van der Waals surface area contributed by atoms with Crippen molar-refractivity contribution in [3.05, 3.63) is 11.9 Å². The molecule has 94 valence electrons. The molecule has 0 saturated carbocycles. The minimum atomic E-state index is -1.04. The van der Waals surface area contributed by atoms with Crippen LogP contribution in [0.25, 0.3) is 0 Å². The quantitative estimate of drug-likeness (QED) is 0.693. The molecule has 1 rings (SSSR count). The summed E-state index contributed by atoms with van der Waals surface area (Å²) in [5, 5.41) is 15.7. The Hall–Kier alpha value is -1.96. The fraction of sp³-hybridized carbons (Fsp3) is 0.556. The lowest BCUT2D eigenvalue weighted by molar-refractivity contribution is -0.137. The van der Waals surface area contributed by atoms with Crippen molar-refractivity contribution in [1.82, 2.24) is 19.9 Å². The standard InChI is InChI=1S/C9H14N4O4/c1-12(3-4-17-2)9(16)7-5-13(11-10-7)6-8(14)15/h5H,3-4,6H2,1-2H3,(H,14,15). The number of methoxy groups -OCH3 is 1. The zero-order valence-corrected chi connectivity index (χ0v) is 9.66. The van der Waals surface area contributed by atoms with Crippen molar-refractivity contribution in [3.63, 3.8) is 0 Å². The Morgan fingerprint density at radius 2 is 2.29 bits per heavy atom. The molecule has 8 nitrogen and oxygen atoms in total. The highest BCUT2D eigenvalue weighted by atomic mass is 16.5. The molecular weight excluding hydrogens is 228 g/mol. The van der Waals surface area contributed by atoms with Gasteiger partial charge in [-0.15, -0.1) is 5.10 Å². The lowest BCUT2D eigenvalue weighted by Crippen LogP contribution is -2.30. The number of amides is 1. The minimum Gasteiger partial charge on any atom is -0.480 e. The Balaban J connectivity index is 2.62. The molecule has 1 aromatic rings. The third kappa shape index (κ3) is 3.83. The maximum absolute atomic E-state index is 11.8. The minimum absolute atomic E-state index is 0.116. The van der Waals surface area contributed by atoms with Crippen molar-refractivity contribution in [2.24, 2.45) is 0 Å². The largest absolute Gasteiger partial charge is 0.480 e. The highest BCUT2D eigenvalue weighted by Gasteiger charge is 2.15. The van der Waals surface area contributed by atoms with Crippen molar-refractivity contribution in [2.45, 2.75) is 6.54 Å². The predicted octanol–water partition coefficient (Wildman–Crippen LogP) is -0.919. The fourth-order valence-electron chi connectivity index (χ4n) is 1.14. The summed E-state index contributed by atoms with van der Waals surface area (Å²) in [7, 11) is 3.15. The smallest absolute Gasteiger partial charge is 0.325 e. The van der Waals surface area contributed by atoms with Crippen LogP contribution in [-0.4, -0.2) is 64.2 Å². The van der Waals surface area contributed by atoms with E-state index in [2.05, 4.69) is 10.3 Å². The highest BCUT2D eigenvalue weighted by Crippen LogP contribution is 1.99. The van der Waals surface area contributed by atoms with E-state index in [9.17, 15) is 9.59 Å². The molecule has 1 N–H and O–H groups in total. The third-order valence-electron chi connectivity index (χ3n) is 2.03. The summed E-state index contributed by atoms with van der Waals surface area (Å²) in [5.41, 5.74) is 0.116. The molecule has 0 fully saturated rings. The Morgan fingerprint density at radius 1 is 1.59 bits per heavy atom. The van der Waals surface area contributed by atoms with Crippen LogP contribution in [0.5, 0.6) is 0 Å². The molecule has 0 aliphatic carbocycles. The molecule has 0 unspecified atom stereocenters. The molecule has 1 amide bonds. The van der Waals surface area contributed by atoms with Crippen LogP contribution in [0.2, 0.25) is 0 Å². The van der Waals surface area contributed by atoms with Gasteiger partial charge in [0.1, 0.15) is 6.54 Å². The molecule has 0 atom stereocenters. The van der Waals surface area contributed by atoms with Crippen molar-refractivity contribution in [3.8, 4) is 0 Å². The van der Waals surface area contributed by atoms with E-state index in [0.29, 0.717) is 13.2 Å². The van der Waals surface area contributed by atoms with Crippen LogP contribution in [0.4, 0.5) is 0 Å². The van der Waals surface area contributed by atoms with E-state index in [1.807, 2.05) is 0 Å². The number of ether oxygens (including phenoxy) is 1. The Labute approximate surface area is 97.8 Å². The second-order valence-electron chi connectivity index (χ2n) is 3.41. The maximum Gasteiger partial charge on any atom is 0.325 e. The monoisotopic (exact) mass is 242 g/mol. The van der Waals surface area contributed by atoms with Crippen LogP contribution < -0.4 is 0 Å². The van der Waals surface area contributed by atoms with Gasteiger partial charge in [0.05, 0.1) is 12.8 Å². The van der Waals surface area contributed by atoms with E-state index in [-0.39, 0.29) is 18.1 Å². The number of rotatable bonds is 6. The van der Waals surface area contributed by atoms with Gasteiger partial charge < -0.3 is 14.7 Å². The van der Waals surface area contributed by atoms with Crippen LogP contribution in [0.3, 0.4) is 0 Å². The number of carbonyl (C=O) groups excluding carboxylic acids is 1. The van der Waals surface area contributed by atoms with E-state index < -0.39 is 5.97 Å². The number of carbonyl (C=O) groups is 2. The Bertz CT molecular complexity index is 403. The SMILES string of the molecule is COCCN(C)C(=O)c1cn(CC(=O)O)nn1. The lowest BCUT2D eigenvalue weighted by Gasteiger charge is -2.14. The highest BCUT2D eigenvalue weighted by molar-refractivity contribution is 5.91. The number of aliphatic carboxylic acids is 1. The predicted molar refractivity (Wildman–Crippen MR) is 56.5 cm³/mol. The van der Waals surface area contributed by atoms with Gasteiger partial charge in [-0.25, -0.2) is 4.68 Å². The first-order valence-corrected chi connectivity index (χ1v) is 4.91. The van der Waals surface area contributed by atoms with Gasteiger partial charge in [-0.1, -0.05) is 5.21 Å². The topological polar surface area (TPSA) is 97.5 Å². The molecular formula is C9H14N4O4. The second kappa shape index (κ2) is 5.94.